The Morgan fingerprint density at radius 1 is 1.30 bits per heavy atom. The highest BCUT2D eigenvalue weighted by Gasteiger charge is 2.17. The number of aliphatic imine (C=N–C) groups is 1. The van der Waals surface area contributed by atoms with Crippen LogP contribution in [-0.4, -0.2) is 43.2 Å². The second-order valence-corrected chi connectivity index (χ2v) is 6.51. The van der Waals surface area contributed by atoms with Crippen LogP contribution in [0.1, 0.15) is 33.3 Å². The first-order valence-corrected chi connectivity index (χ1v) is 7.74. The molecule has 1 aromatic carbocycles. The van der Waals surface area contributed by atoms with Crippen molar-refractivity contribution in [2.24, 2.45) is 4.99 Å². The summed E-state index contributed by atoms with van der Waals surface area (Å²) in [7, 11) is 4.04. The number of carbonyl (C=O) groups is 1. The van der Waals surface area contributed by atoms with Crippen LogP contribution in [0.2, 0.25) is 0 Å². The molecule has 1 rings (SSSR count). The largest absolute Gasteiger partial charge is 0.444 e. The summed E-state index contributed by atoms with van der Waals surface area (Å²) in [5.41, 5.74) is 1.49. The van der Waals surface area contributed by atoms with Crippen LogP contribution in [0, 0.1) is 0 Å². The van der Waals surface area contributed by atoms with Gasteiger partial charge in [-0.25, -0.2) is 4.79 Å². The zero-order valence-corrected chi connectivity index (χ0v) is 14.9. The number of nitrogens with one attached hydrogen (secondary N) is 2. The maximum atomic E-state index is 11.9. The average molecular weight is 320 g/mol. The van der Waals surface area contributed by atoms with Gasteiger partial charge < -0.3 is 15.0 Å². The van der Waals surface area contributed by atoms with E-state index in [1.54, 1.807) is 0 Å². The molecule has 128 valence electrons. The van der Waals surface area contributed by atoms with Gasteiger partial charge in [-0.3, -0.25) is 10.3 Å². The predicted molar refractivity (Wildman–Crippen MR) is 94.8 cm³/mol. The van der Waals surface area contributed by atoms with Crippen molar-refractivity contribution in [3.63, 3.8) is 0 Å². The molecule has 0 radical (unpaired) electrons. The van der Waals surface area contributed by atoms with E-state index < -0.39 is 11.7 Å². The number of rotatable bonds is 4. The van der Waals surface area contributed by atoms with Gasteiger partial charge in [0.05, 0.1) is 0 Å². The number of alkyl carbamates (subject to hydrolysis) is 1. The topological polar surface area (TPSA) is 66.0 Å². The molecule has 1 amide bonds. The van der Waals surface area contributed by atoms with Crippen molar-refractivity contribution in [2.45, 2.75) is 39.8 Å². The van der Waals surface area contributed by atoms with Crippen LogP contribution in [0.5, 0.6) is 0 Å². The molecule has 0 aliphatic heterocycles. The molecule has 0 saturated heterocycles. The fourth-order valence-electron chi connectivity index (χ4n) is 1.92. The van der Waals surface area contributed by atoms with E-state index in [2.05, 4.69) is 26.6 Å². The van der Waals surface area contributed by atoms with E-state index in [9.17, 15) is 4.79 Å². The van der Waals surface area contributed by atoms with Gasteiger partial charge in [0.1, 0.15) is 5.60 Å². The molecular formula is C17H28N4O2. The first-order chi connectivity index (χ1) is 10.7. The lowest BCUT2D eigenvalue weighted by Gasteiger charge is -2.20. The summed E-state index contributed by atoms with van der Waals surface area (Å²) in [4.78, 5) is 18.2. The highest BCUT2D eigenvalue weighted by atomic mass is 16.6. The highest BCUT2D eigenvalue weighted by Crippen LogP contribution is 2.12. The summed E-state index contributed by atoms with van der Waals surface area (Å²) in [5, 5.41) is 5.78. The highest BCUT2D eigenvalue weighted by molar-refractivity contribution is 6.02. The van der Waals surface area contributed by atoms with Crippen molar-refractivity contribution in [3.05, 3.63) is 29.8 Å². The maximum Gasteiger partial charge on any atom is 0.414 e. The number of benzene rings is 1. The van der Waals surface area contributed by atoms with Gasteiger partial charge in [-0.2, -0.15) is 0 Å². The van der Waals surface area contributed by atoms with Crippen molar-refractivity contribution in [3.8, 4) is 0 Å². The number of hydrogen-bond acceptors (Lipinski definition) is 4. The molecule has 0 aromatic heterocycles. The van der Waals surface area contributed by atoms with E-state index in [4.69, 9.17) is 4.74 Å². The molecule has 0 aliphatic rings. The first-order valence-electron chi connectivity index (χ1n) is 7.74. The number of nitrogens with zero attached hydrogens (tertiary/aromatic N) is 2. The lowest BCUT2D eigenvalue weighted by atomic mass is 10.2. The van der Waals surface area contributed by atoms with Crippen LogP contribution in [-0.2, 0) is 11.3 Å². The molecule has 0 saturated carbocycles. The third-order valence-corrected chi connectivity index (χ3v) is 2.62. The molecule has 0 heterocycles. The lowest BCUT2D eigenvalue weighted by Crippen LogP contribution is -2.40. The molecule has 23 heavy (non-hydrogen) atoms. The monoisotopic (exact) mass is 320 g/mol. The SMILES string of the molecule is CCN=C(NC(=O)OC(C)(C)C)Nc1cccc(CN(C)C)c1. The van der Waals surface area contributed by atoms with Crippen molar-refractivity contribution in [2.75, 3.05) is 26.0 Å². The van der Waals surface area contributed by atoms with E-state index in [0.717, 1.165) is 12.2 Å². The van der Waals surface area contributed by atoms with Crippen LogP contribution in [0.15, 0.2) is 29.3 Å². The number of anilines is 1. The fourth-order valence-corrected chi connectivity index (χ4v) is 1.92. The van der Waals surface area contributed by atoms with E-state index >= 15 is 0 Å². The number of carbonyl (C=O) groups excluding carboxylic acids is 1. The van der Waals surface area contributed by atoms with Crippen molar-refractivity contribution in [1.82, 2.24) is 10.2 Å². The van der Waals surface area contributed by atoms with Crippen molar-refractivity contribution < 1.29 is 9.53 Å². The lowest BCUT2D eigenvalue weighted by molar-refractivity contribution is 0.0563. The Kier molecular flexibility index (Phi) is 7.03. The minimum atomic E-state index is -0.549. The number of guanidine groups is 1. The van der Waals surface area contributed by atoms with Crippen LogP contribution in [0.25, 0.3) is 0 Å². The number of hydrogen-bond donors (Lipinski definition) is 2. The van der Waals surface area contributed by atoms with Gasteiger partial charge in [0.2, 0.25) is 5.96 Å². The third-order valence-electron chi connectivity index (χ3n) is 2.62. The summed E-state index contributed by atoms with van der Waals surface area (Å²) in [6.45, 7) is 8.76. The Balaban J connectivity index is 2.77. The second-order valence-electron chi connectivity index (χ2n) is 6.51. The molecule has 0 unspecified atom stereocenters. The van der Waals surface area contributed by atoms with Gasteiger partial charge in [-0.1, -0.05) is 12.1 Å². The quantitative estimate of drug-likeness (QED) is 0.661. The molecule has 0 atom stereocenters. The third kappa shape index (κ3) is 8.21. The predicted octanol–water partition coefficient (Wildman–Crippen LogP) is 3.06. The van der Waals surface area contributed by atoms with E-state index in [-0.39, 0.29) is 0 Å². The van der Waals surface area contributed by atoms with Gasteiger partial charge in [0.25, 0.3) is 0 Å². The molecule has 6 heteroatoms. The molecule has 2 N–H and O–H groups in total. The molecule has 6 nitrogen and oxygen atoms in total. The summed E-state index contributed by atoms with van der Waals surface area (Å²) >= 11 is 0. The average Bonchev–Trinajstić information content (AvgIpc) is 2.35. The van der Waals surface area contributed by atoms with E-state index in [0.29, 0.717) is 12.5 Å². The maximum absolute atomic E-state index is 11.9. The van der Waals surface area contributed by atoms with Crippen LogP contribution >= 0.6 is 0 Å². The first kappa shape index (κ1) is 19.0. The van der Waals surface area contributed by atoms with E-state index in [1.807, 2.05) is 60.0 Å². The van der Waals surface area contributed by atoms with Crippen LogP contribution < -0.4 is 10.6 Å². The molecule has 1 aromatic rings. The minimum Gasteiger partial charge on any atom is -0.444 e. The van der Waals surface area contributed by atoms with E-state index in [1.165, 1.54) is 5.56 Å². The van der Waals surface area contributed by atoms with Gasteiger partial charge >= 0.3 is 6.09 Å². The second kappa shape index (κ2) is 8.53. The summed E-state index contributed by atoms with van der Waals surface area (Å²) in [6.07, 6.45) is -0.526. The Hall–Kier alpha value is -2.08. The van der Waals surface area contributed by atoms with Crippen LogP contribution in [0.3, 0.4) is 0 Å². The molecular weight excluding hydrogens is 292 g/mol. The Labute approximate surface area is 138 Å². The van der Waals surface area contributed by atoms with Gasteiger partial charge in [-0.15, -0.1) is 0 Å². The number of amides is 1. The van der Waals surface area contributed by atoms with Gasteiger partial charge in [0.15, 0.2) is 0 Å². The zero-order chi connectivity index (χ0) is 17.5. The summed E-state index contributed by atoms with van der Waals surface area (Å²) < 4.78 is 5.25. The van der Waals surface area contributed by atoms with Crippen LogP contribution in [0.4, 0.5) is 10.5 Å². The fraction of sp³-hybridized carbons (Fsp3) is 0.529. The Morgan fingerprint density at radius 2 is 2.00 bits per heavy atom. The van der Waals surface area contributed by atoms with Gasteiger partial charge in [-0.05, 0) is 59.5 Å². The summed E-state index contributed by atoms with van der Waals surface area (Å²) in [6, 6.07) is 7.99. The minimum absolute atomic E-state index is 0.378. The molecule has 0 fully saturated rings. The van der Waals surface area contributed by atoms with Gasteiger partial charge in [0, 0.05) is 18.8 Å². The summed E-state index contributed by atoms with van der Waals surface area (Å²) in [5.74, 6) is 0.378. The van der Waals surface area contributed by atoms with Crippen molar-refractivity contribution in [1.29, 1.82) is 0 Å². The normalized spacial score (nSPS) is 12.2. The van der Waals surface area contributed by atoms with Crippen molar-refractivity contribution >= 4 is 17.7 Å². The Morgan fingerprint density at radius 3 is 2.57 bits per heavy atom. The molecule has 0 aliphatic carbocycles. The zero-order valence-electron chi connectivity index (χ0n) is 14.9. The molecule has 0 spiro atoms. The number of ether oxygens (including phenoxy) is 1. The standard InChI is InChI=1S/C17H28N4O2/c1-7-18-15(20-16(22)23-17(2,3)4)19-14-10-8-9-13(11-14)12-21(5)6/h8-11H,7,12H2,1-6H3,(H2,18,19,20,22). The molecule has 0 bridgehead atoms. The Bertz CT molecular complexity index is 548. The smallest absolute Gasteiger partial charge is 0.414 e.